The number of aromatic amines is 1. The van der Waals surface area contributed by atoms with E-state index in [0.717, 1.165) is 49.9 Å². The van der Waals surface area contributed by atoms with E-state index in [2.05, 4.69) is 20.9 Å². The van der Waals surface area contributed by atoms with Crippen LogP contribution in [0.4, 0.5) is 5.69 Å². The van der Waals surface area contributed by atoms with Crippen molar-refractivity contribution >= 4 is 51.7 Å². The lowest BCUT2D eigenvalue weighted by atomic mass is 10.2. The molecular formula is C25H26Cl2N4O6. The molecule has 0 saturated carbocycles. The molecule has 1 fully saturated rings. The Hall–Kier alpha value is -3.60. The number of fused-ring (bicyclic) bond motifs is 1. The number of piperazine rings is 1. The Kier molecular flexibility index (Phi) is 9.90. The molecule has 10 nitrogen and oxygen atoms in total. The van der Waals surface area contributed by atoms with Crippen molar-refractivity contribution in [2.24, 2.45) is 0 Å². The van der Waals surface area contributed by atoms with E-state index in [1.54, 1.807) is 18.2 Å². The first kappa shape index (κ1) is 28.0. The fraction of sp³-hybridized carbons (Fsp3) is 0.280. The van der Waals surface area contributed by atoms with Gasteiger partial charge in [0.25, 0.3) is 5.56 Å². The first-order valence-electron chi connectivity index (χ1n) is 11.4. The number of hydrogen-bond donors (Lipinski definition) is 3. The van der Waals surface area contributed by atoms with E-state index in [0.29, 0.717) is 34.6 Å². The first-order chi connectivity index (χ1) is 17.6. The molecule has 0 atom stereocenters. The van der Waals surface area contributed by atoms with Crippen molar-refractivity contribution < 1.29 is 19.8 Å². The minimum atomic E-state index is -1.26. The number of carboxylic acids is 2. The van der Waals surface area contributed by atoms with E-state index >= 15 is 0 Å². The second kappa shape index (κ2) is 13.1. The van der Waals surface area contributed by atoms with Gasteiger partial charge in [-0.15, -0.1) is 0 Å². The summed E-state index contributed by atoms with van der Waals surface area (Å²) >= 11 is 12.1. The third kappa shape index (κ3) is 8.21. The molecular weight excluding hydrogens is 523 g/mol. The third-order valence-corrected chi connectivity index (χ3v) is 6.18. The summed E-state index contributed by atoms with van der Waals surface area (Å²) in [6, 6.07) is 12.8. The lowest BCUT2D eigenvalue weighted by Gasteiger charge is -2.36. The number of aliphatic carboxylic acids is 2. The maximum absolute atomic E-state index is 12.7. The largest absolute Gasteiger partial charge is 0.478 e. The van der Waals surface area contributed by atoms with Crippen LogP contribution in [0.2, 0.25) is 10.0 Å². The predicted octanol–water partition coefficient (Wildman–Crippen LogP) is 2.92. The van der Waals surface area contributed by atoms with Crippen molar-refractivity contribution in [1.29, 1.82) is 0 Å². The van der Waals surface area contributed by atoms with Crippen LogP contribution in [-0.4, -0.2) is 69.3 Å². The summed E-state index contributed by atoms with van der Waals surface area (Å²) in [6.07, 6.45) is 1.84. The Morgan fingerprint density at radius 2 is 1.54 bits per heavy atom. The number of halogens is 2. The van der Waals surface area contributed by atoms with Gasteiger partial charge >= 0.3 is 17.6 Å². The number of benzene rings is 2. The Labute approximate surface area is 222 Å². The molecule has 196 valence electrons. The molecule has 4 rings (SSSR count). The lowest BCUT2D eigenvalue weighted by molar-refractivity contribution is -0.134. The van der Waals surface area contributed by atoms with Crippen LogP contribution in [0.25, 0.3) is 10.9 Å². The average Bonchev–Trinajstić information content (AvgIpc) is 2.86. The number of carboxylic acid groups (broad SMARTS) is 2. The SMILES string of the molecule is O=C(O)/C=C/C(=O)O.O=c1[nH]c2ccc(Cl)cc2c(=O)n1CCCN1CCN(c2cccc(Cl)c2)CC1. The van der Waals surface area contributed by atoms with Crippen molar-refractivity contribution in [2.75, 3.05) is 37.6 Å². The number of nitrogens with one attached hydrogen (secondary N) is 1. The standard InChI is InChI=1S/C21H22Cl2N4O2.C4H4O4/c22-15-3-1-4-17(13-15)26-11-9-25(10-12-26)7-2-8-27-20(28)18-14-16(23)5-6-19(18)24-21(27)29;5-3(6)1-2-4(7)8/h1,3-6,13-14H,2,7-12H2,(H,24,29);1-2H,(H,5,6)(H,7,8)/b;2-1+. The Bertz CT molecular complexity index is 1390. The second-order valence-corrected chi connectivity index (χ2v) is 9.12. The predicted molar refractivity (Wildman–Crippen MR) is 143 cm³/mol. The summed E-state index contributed by atoms with van der Waals surface area (Å²) in [5.74, 6) is -2.51. The van der Waals surface area contributed by atoms with E-state index in [1.165, 1.54) is 4.57 Å². The van der Waals surface area contributed by atoms with Crippen molar-refractivity contribution in [3.8, 4) is 0 Å². The van der Waals surface area contributed by atoms with Crippen LogP contribution in [0.15, 0.2) is 64.2 Å². The molecule has 0 spiro atoms. The van der Waals surface area contributed by atoms with Crippen molar-refractivity contribution in [2.45, 2.75) is 13.0 Å². The summed E-state index contributed by atoms with van der Waals surface area (Å²) in [5.41, 5.74) is 0.982. The van der Waals surface area contributed by atoms with Gasteiger partial charge in [0, 0.05) is 60.6 Å². The summed E-state index contributed by atoms with van der Waals surface area (Å²) < 4.78 is 1.26. The Morgan fingerprint density at radius 3 is 2.16 bits per heavy atom. The van der Waals surface area contributed by atoms with Crippen LogP contribution in [-0.2, 0) is 16.1 Å². The van der Waals surface area contributed by atoms with Crippen LogP contribution < -0.4 is 16.1 Å². The maximum Gasteiger partial charge on any atom is 0.328 e. The molecule has 37 heavy (non-hydrogen) atoms. The van der Waals surface area contributed by atoms with Gasteiger partial charge in [-0.1, -0.05) is 29.3 Å². The Balaban J connectivity index is 0.000000414. The number of anilines is 1. The zero-order chi connectivity index (χ0) is 26.9. The van der Waals surface area contributed by atoms with Gasteiger partial charge < -0.3 is 20.1 Å². The maximum atomic E-state index is 12.7. The van der Waals surface area contributed by atoms with Gasteiger partial charge in [0.05, 0.1) is 10.9 Å². The molecule has 1 aliphatic rings. The normalized spacial score (nSPS) is 13.9. The molecule has 3 aromatic rings. The zero-order valence-corrected chi connectivity index (χ0v) is 21.3. The number of carbonyl (C=O) groups is 2. The molecule has 0 aliphatic carbocycles. The van der Waals surface area contributed by atoms with E-state index in [9.17, 15) is 19.2 Å². The van der Waals surface area contributed by atoms with E-state index in [1.807, 2.05) is 18.2 Å². The molecule has 0 amide bonds. The monoisotopic (exact) mass is 548 g/mol. The molecule has 0 bridgehead atoms. The minimum Gasteiger partial charge on any atom is -0.478 e. The summed E-state index contributed by atoms with van der Waals surface area (Å²) in [6.45, 7) is 4.94. The van der Waals surface area contributed by atoms with E-state index < -0.39 is 11.9 Å². The van der Waals surface area contributed by atoms with E-state index in [-0.39, 0.29) is 11.2 Å². The molecule has 1 aromatic heterocycles. The molecule has 1 aliphatic heterocycles. The molecule has 2 aromatic carbocycles. The van der Waals surface area contributed by atoms with Gasteiger partial charge in [-0.25, -0.2) is 14.4 Å². The quantitative estimate of drug-likeness (QED) is 0.383. The van der Waals surface area contributed by atoms with Crippen LogP contribution >= 0.6 is 23.2 Å². The van der Waals surface area contributed by atoms with Gasteiger partial charge in [-0.3, -0.25) is 14.3 Å². The summed E-state index contributed by atoms with van der Waals surface area (Å²) in [7, 11) is 0. The van der Waals surface area contributed by atoms with Crippen molar-refractivity contribution in [1.82, 2.24) is 14.5 Å². The van der Waals surface area contributed by atoms with Crippen LogP contribution in [0.5, 0.6) is 0 Å². The second-order valence-electron chi connectivity index (χ2n) is 8.25. The molecule has 12 heteroatoms. The van der Waals surface area contributed by atoms with Crippen LogP contribution in [0.3, 0.4) is 0 Å². The van der Waals surface area contributed by atoms with Gasteiger partial charge in [-0.2, -0.15) is 0 Å². The molecule has 1 saturated heterocycles. The zero-order valence-electron chi connectivity index (χ0n) is 19.8. The third-order valence-electron chi connectivity index (χ3n) is 5.71. The molecule has 3 N–H and O–H groups in total. The highest BCUT2D eigenvalue weighted by Crippen LogP contribution is 2.20. The highest BCUT2D eigenvalue weighted by Gasteiger charge is 2.17. The summed E-state index contributed by atoms with van der Waals surface area (Å²) in [5, 5.41) is 17.3. The summed E-state index contributed by atoms with van der Waals surface area (Å²) in [4.78, 5) is 51.5. The fourth-order valence-electron chi connectivity index (χ4n) is 3.92. The molecule has 2 heterocycles. The molecule has 0 radical (unpaired) electrons. The van der Waals surface area contributed by atoms with E-state index in [4.69, 9.17) is 33.4 Å². The highest BCUT2D eigenvalue weighted by atomic mass is 35.5. The number of nitrogens with zero attached hydrogens (tertiary/aromatic N) is 3. The number of rotatable bonds is 7. The smallest absolute Gasteiger partial charge is 0.328 e. The highest BCUT2D eigenvalue weighted by molar-refractivity contribution is 6.31. The lowest BCUT2D eigenvalue weighted by Crippen LogP contribution is -2.47. The van der Waals surface area contributed by atoms with Gasteiger partial charge in [0.15, 0.2) is 0 Å². The van der Waals surface area contributed by atoms with Gasteiger partial charge in [0.1, 0.15) is 0 Å². The number of H-pyrrole nitrogens is 1. The number of hydrogen-bond acceptors (Lipinski definition) is 6. The topological polar surface area (TPSA) is 136 Å². The van der Waals surface area contributed by atoms with Crippen molar-refractivity contribution in [3.05, 3.63) is 85.5 Å². The average molecular weight is 549 g/mol. The van der Waals surface area contributed by atoms with Crippen molar-refractivity contribution in [3.63, 3.8) is 0 Å². The first-order valence-corrected chi connectivity index (χ1v) is 12.2. The fourth-order valence-corrected chi connectivity index (χ4v) is 4.28. The van der Waals surface area contributed by atoms with Crippen LogP contribution in [0, 0.1) is 0 Å². The molecule has 0 unspecified atom stereocenters. The van der Waals surface area contributed by atoms with Gasteiger partial charge in [-0.05, 0) is 49.4 Å². The van der Waals surface area contributed by atoms with Gasteiger partial charge in [0.2, 0.25) is 0 Å². The minimum absolute atomic E-state index is 0.294. The Morgan fingerprint density at radius 1 is 0.892 bits per heavy atom. The number of aromatic nitrogens is 2. The van der Waals surface area contributed by atoms with Crippen LogP contribution in [0.1, 0.15) is 6.42 Å².